The molecule has 2 nitrogen and oxygen atoms in total. The van der Waals surface area contributed by atoms with Crippen molar-refractivity contribution < 1.29 is 22.8 Å². The first-order chi connectivity index (χ1) is 7.17. The number of Topliss-reactive ketones (excluding diaryl/α,β-unsaturated/α-hetero) is 2. The second-order valence-corrected chi connectivity index (χ2v) is 5.30. The zero-order valence-corrected chi connectivity index (χ0v) is 9.10. The van der Waals surface area contributed by atoms with Gasteiger partial charge in [-0.1, -0.05) is 13.8 Å². The number of fused-ring (bicyclic) bond motifs is 2. The highest BCUT2D eigenvalue weighted by atomic mass is 19.4. The SMILES string of the molecule is CC1(C)C2CCC1C(C(=O)C(F)(F)F)C2=O. The van der Waals surface area contributed by atoms with Crippen molar-refractivity contribution in [1.82, 2.24) is 0 Å². The molecule has 0 aromatic rings. The van der Waals surface area contributed by atoms with Gasteiger partial charge >= 0.3 is 6.18 Å². The van der Waals surface area contributed by atoms with Crippen LogP contribution < -0.4 is 0 Å². The molecule has 2 saturated carbocycles. The fraction of sp³-hybridized carbons (Fsp3) is 0.818. The largest absolute Gasteiger partial charge is 0.450 e. The Kier molecular flexibility index (Phi) is 2.23. The Hall–Kier alpha value is -0.870. The van der Waals surface area contributed by atoms with Crippen molar-refractivity contribution in [3.8, 4) is 0 Å². The second kappa shape index (κ2) is 3.08. The Morgan fingerprint density at radius 1 is 1.31 bits per heavy atom. The van der Waals surface area contributed by atoms with Crippen LogP contribution in [-0.4, -0.2) is 17.7 Å². The van der Waals surface area contributed by atoms with Gasteiger partial charge in [0.2, 0.25) is 5.78 Å². The number of halogens is 3. The van der Waals surface area contributed by atoms with Gasteiger partial charge in [0.25, 0.3) is 0 Å². The number of carbonyl (C=O) groups excluding carboxylic acids is 2. The van der Waals surface area contributed by atoms with Crippen LogP contribution in [0.1, 0.15) is 26.7 Å². The summed E-state index contributed by atoms with van der Waals surface area (Å²) < 4.78 is 37.0. The lowest BCUT2D eigenvalue weighted by molar-refractivity contribution is -0.178. The lowest BCUT2D eigenvalue weighted by atomic mass is 9.79. The minimum Gasteiger partial charge on any atom is -0.299 e. The van der Waals surface area contributed by atoms with E-state index in [4.69, 9.17) is 0 Å². The Labute approximate surface area is 91.2 Å². The predicted octanol–water partition coefficient (Wildman–Crippen LogP) is 2.37. The molecule has 0 aromatic heterocycles. The molecule has 0 saturated heterocycles. The Bertz CT molecular complexity index is 357. The highest BCUT2D eigenvalue weighted by Crippen LogP contribution is 2.59. The van der Waals surface area contributed by atoms with E-state index in [0.29, 0.717) is 12.8 Å². The zero-order chi connectivity index (χ0) is 12.3. The van der Waals surface area contributed by atoms with Crippen LogP contribution in [0.5, 0.6) is 0 Å². The van der Waals surface area contributed by atoms with Crippen molar-refractivity contribution in [3.05, 3.63) is 0 Å². The number of alkyl halides is 3. The Morgan fingerprint density at radius 3 is 2.25 bits per heavy atom. The number of carbonyl (C=O) groups is 2. The summed E-state index contributed by atoms with van der Waals surface area (Å²) in [5.74, 6) is -4.58. The van der Waals surface area contributed by atoms with Crippen molar-refractivity contribution >= 4 is 11.6 Å². The molecule has 90 valence electrons. The van der Waals surface area contributed by atoms with Crippen molar-refractivity contribution in [1.29, 1.82) is 0 Å². The molecule has 3 atom stereocenters. The molecule has 0 heterocycles. The Morgan fingerprint density at radius 2 is 1.88 bits per heavy atom. The summed E-state index contributed by atoms with van der Waals surface area (Å²) in [5, 5.41) is 0. The van der Waals surface area contributed by atoms with Crippen LogP contribution in [0, 0.1) is 23.2 Å². The van der Waals surface area contributed by atoms with E-state index in [1.807, 2.05) is 0 Å². The topological polar surface area (TPSA) is 34.1 Å². The van der Waals surface area contributed by atoms with E-state index >= 15 is 0 Å². The maximum absolute atomic E-state index is 12.3. The van der Waals surface area contributed by atoms with Crippen LogP contribution in [0.3, 0.4) is 0 Å². The van der Waals surface area contributed by atoms with Gasteiger partial charge in [0.1, 0.15) is 5.78 Å². The van der Waals surface area contributed by atoms with Gasteiger partial charge in [-0.05, 0) is 24.2 Å². The van der Waals surface area contributed by atoms with E-state index < -0.39 is 35.0 Å². The van der Waals surface area contributed by atoms with Gasteiger partial charge < -0.3 is 0 Å². The second-order valence-electron chi connectivity index (χ2n) is 5.30. The molecule has 2 aliphatic carbocycles. The normalized spacial score (nSPS) is 36.8. The third-order valence-electron chi connectivity index (χ3n) is 4.23. The van der Waals surface area contributed by atoms with Crippen molar-refractivity contribution in [2.75, 3.05) is 0 Å². The minimum atomic E-state index is -4.89. The molecule has 5 heteroatoms. The first-order valence-corrected chi connectivity index (χ1v) is 5.32. The van der Waals surface area contributed by atoms with Crippen LogP contribution >= 0.6 is 0 Å². The smallest absolute Gasteiger partial charge is 0.299 e. The maximum Gasteiger partial charge on any atom is 0.450 e. The van der Waals surface area contributed by atoms with Gasteiger partial charge in [-0.3, -0.25) is 9.59 Å². The quantitative estimate of drug-likeness (QED) is 0.653. The van der Waals surface area contributed by atoms with Crippen LogP contribution in [-0.2, 0) is 9.59 Å². The monoisotopic (exact) mass is 234 g/mol. The summed E-state index contributed by atoms with van der Waals surface area (Å²) in [6.45, 7) is 3.58. The number of hydrogen-bond donors (Lipinski definition) is 0. The lowest BCUT2D eigenvalue weighted by Crippen LogP contribution is -2.38. The van der Waals surface area contributed by atoms with Gasteiger partial charge in [0, 0.05) is 5.92 Å². The van der Waals surface area contributed by atoms with E-state index in [9.17, 15) is 22.8 Å². The van der Waals surface area contributed by atoms with Gasteiger partial charge in [0.15, 0.2) is 0 Å². The summed E-state index contributed by atoms with van der Waals surface area (Å²) in [7, 11) is 0. The average molecular weight is 234 g/mol. The van der Waals surface area contributed by atoms with E-state index in [1.165, 1.54) is 0 Å². The summed E-state index contributed by atoms with van der Waals surface area (Å²) in [5.41, 5.74) is -0.456. The van der Waals surface area contributed by atoms with E-state index in [2.05, 4.69) is 0 Å². The molecule has 3 unspecified atom stereocenters. The maximum atomic E-state index is 12.3. The van der Waals surface area contributed by atoms with Crippen LogP contribution in [0.25, 0.3) is 0 Å². The first-order valence-electron chi connectivity index (χ1n) is 5.32. The summed E-state index contributed by atoms with van der Waals surface area (Å²) in [6, 6.07) is 0. The Balaban J connectivity index is 2.33. The molecule has 2 fully saturated rings. The molecule has 0 aliphatic heterocycles. The van der Waals surface area contributed by atoms with E-state index in [-0.39, 0.29) is 5.92 Å². The van der Waals surface area contributed by atoms with Crippen molar-refractivity contribution in [3.63, 3.8) is 0 Å². The summed E-state index contributed by atoms with van der Waals surface area (Å²) in [4.78, 5) is 23.0. The van der Waals surface area contributed by atoms with Crippen LogP contribution in [0.2, 0.25) is 0 Å². The zero-order valence-electron chi connectivity index (χ0n) is 9.10. The first kappa shape index (κ1) is 11.6. The molecule has 2 aliphatic rings. The minimum absolute atomic E-state index is 0.367. The van der Waals surface area contributed by atoms with Crippen molar-refractivity contribution in [2.24, 2.45) is 23.2 Å². The molecule has 2 rings (SSSR count). The molecule has 0 radical (unpaired) electrons. The summed E-state index contributed by atoms with van der Waals surface area (Å²) in [6.07, 6.45) is -3.71. The van der Waals surface area contributed by atoms with Gasteiger partial charge in [-0.15, -0.1) is 0 Å². The van der Waals surface area contributed by atoms with Gasteiger partial charge in [-0.2, -0.15) is 13.2 Å². The molecule has 0 aromatic carbocycles. The van der Waals surface area contributed by atoms with Gasteiger partial charge in [0.05, 0.1) is 5.92 Å². The fourth-order valence-corrected chi connectivity index (χ4v) is 3.36. The van der Waals surface area contributed by atoms with Crippen molar-refractivity contribution in [2.45, 2.75) is 32.9 Å². The molecular weight excluding hydrogens is 221 g/mol. The molecule has 0 spiro atoms. The third-order valence-corrected chi connectivity index (χ3v) is 4.23. The molecular formula is C11H13F3O2. The van der Waals surface area contributed by atoms with Gasteiger partial charge in [-0.25, -0.2) is 0 Å². The average Bonchev–Trinajstić information content (AvgIpc) is 2.50. The highest BCUT2D eigenvalue weighted by molar-refractivity contribution is 6.08. The molecule has 0 N–H and O–H groups in total. The molecule has 0 amide bonds. The predicted molar refractivity (Wildman–Crippen MR) is 49.6 cm³/mol. The standard InChI is InChI=1S/C11H13F3O2/c1-10(2)5-3-4-6(10)8(15)7(5)9(16)11(12,13)14/h5-7H,3-4H2,1-2H3. The fourth-order valence-electron chi connectivity index (χ4n) is 3.36. The number of rotatable bonds is 1. The molecule has 2 bridgehead atoms. The number of ketones is 2. The number of hydrogen-bond acceptors (Lipinski definition) is 2. The lowest BCUT2D eigenvalue weighted by Gasteiger charge is -2.24. The third kappa shape index (κ3) is 1.33. The van der Waals surface area contributed by atoms with E-state index in [0.717, 1.165) is 0 Å². The van der Waals surface area contributed by atoms with Crippen LogP contribution in [0.15, 0.2) is 0 Å². The highest BCUT2D eigenvalue weighted by Gasteiger charge is 2.64. The molecule has 16 heavy (non-hydrogen) atoms. The van der Waals surface area contributed by atoms with Crippen LogP contribution in [0.4, 0.5) is 13.2 Å². The summed E-state index contributed by atoms with van der Waals surface area (Å²) >= 11 is 0. The van der Waals surface area contributed by atoms with E-state index in [1.54, 1.807) is 13.8 Å².